The van der Waals surface area contributed by atoms with Gasteiger partial charge in [-0.15, -0.1) is 21.5 Å². The summed E-state index contributed by atoms with van der Waals surface area (Å²) in [6.07, 6.45) is 0. The molecule has 0 aliphatic heterocycles. The normalized spacial score (nSPS) is 13.7. The summed E-state index contributed by atoms with van der Waals surface area (Å²) in [5, 5.41) is 13.0. The number of nitrogens with one attached hydrogen (secondary N) is 2. The summed E-state index contributed by atoms with van der Waals surface area (Å²) in [4.78, 5) is -0.0606. The third-order valence-corrected chi connectivity index (χ3v) is 5.29. The van der Waals surface area contributed by atoms with Crippen LogP contribution in [0.25, 0.3) is 0 Å². The van der Waals surface area contributed by atoms with Crippen molar-refractivity contribution in [3.05, 3.63) is 20.6 Å². The zero-order valence-corrected chi connectivity index (χ0v) is 12.0. The first-order chi connectivity index (χ1) is 8.40. The Morgan fingerprint density at radius 3 is 2.72 bits per heavy atom. The molecular weight excluding hydrogens is 321 g/mol. The predicted molar refractivity (Wildman–Crippen MR) is 67.3 cm³/mol. The van der Waals surface area contributed by atoms with Crippen LogP contribution in [-0.4, -0.2) is 29.0 Å². The van der Waals surface area contributed by atoms with E-state index in [2.05, 4.69) is 25.3 Å². The average Bonchev–Trinajstić information content (AvgIpc) is 2.86. The van der Waals surface area contributed by atoms with Crippen molar-refractivity contribution >= 4 is 44.6 Å². The lowest BCUT2D eigenvalue weighted by molar-refractivity contribution is 0.560. The number of aromatic nitrogens is 4. The van der Waals surface area contributed by atoms with E-state index in [1.807, 2.05) is 0 Å². The molecule has 2 N–H and O–H groups in total. The molecule has 2 heterocycles. The van der Waals surface area contributed by atoms with E-state index >= 15 is 0 Å². The van der Waals surface area contributed by atoms with Crippen molar-refractivity contribution in [3.8, 4) is 0 Å². The number of halogens is 2. The fraction of sp³-hybridized carbons (Fsp3) is 0.286. The van der Waals surface area contributed by atoms with Gasteiger partial charge in [0.1, 0.15) is 9.23 Å². The smallest absolute Gasteiger partial charge is 0.207 e. The Morgan fingerprint density at radius 1 is 1.50 bits per heavy atom. The summed E-state index contributed by atoms with van der Waals surface area (Å²) in [6, 6.07) is 0.656. The Kier molecular flexibility index (Phi) is 3.87. The summed E-state index contributed by atoms with van der Waals surface area (Å²) in [5.41, 5.74) is 0. The molecule has 98 valence electrons. The van der Waals surface area contributed by atoms with Gasteiger partial charge >= 0.3 is 0 Å². The fourth-order valence-corrected chi connectivity index (χ4v) is 4.56. The van der Waals surface area contributed by atoms with E-state index in [1.165, 1.54) is 6.07 Å². The number of sulfonamides is 1. The van der Waals surface area contributed by atoms with E-state index in [1.54, 1.807) is 6.92 Å². The highest BCUT2D eigenvalue weighted by molar-refractivity contribution is 7.89. The van der Waals surface area contributed by atoms with E-state index in [0.29, 0.717) is 4.34 Å². The van der Waals surface area contributed by atoms with Crippen LogP contribution >= 0.6 is 34.5 Å². The van der Waals surface area contributed by atoms with Crippen molar-refractivity contribution in [2.24, 2.45) is 0 Å². The van der Waals surface area contributed by atoms with E-state index in [-0.39, 0.29) is 15.1 Å². The molecule has 2 rings (SSSR count). The Bertz CT molecular complexity index is 639. The lowest BCUT2D eigenvalue weighted by Crippen LogP contribution is -2.27. The molecule has 18 heavy (non-hydrogen) atoms. The van der Waals surface area contributed by atoms with Gasteiger partial charge in [0.05, 0.1) is 10.4 Å². The van der Waals surface area contributed by atoms with E-state index in [9.17, 15) is 8.42 Å². The number of tetrazole rings is 1. The quantitative estimate of drug-likeness (QED) is 0.888. The average molecular weight is 328 g/mol. The topological polar surface area (TPSA) is 101 Å². The standard InChI is InChI=1S/C7H7Cl2N5O2S2/c1-3(7-10-13-14-11-7)12-18(15,16)4-2-5(8)17-6(4)9/h2-3,12H,1H3,(H,10,11,13,14). The molecular formula is C7H7Cl2N5O2S2. The van der Waals surface area contributed by atoms with Crippen LogP contribution in [0.1, 0.15) is 18.8 Å². The van der Waals surface area contributed by atoms with Crippen LogP contribution in [0.15, 0.2) is 11.0 Å². The van der Waals surface area contributed by atoms with E-state index in [0.717, 1.165) is 11.3 Å². The maximum atomic E-state index is 12.0. The van der Waals surface area contributed by atoms with Gasteiger partial charge < -0.3 is 0 Å². The highest BCUT2D eigenvalue weighted by Crippen LogP contribution is 2.34. The SMILES string of the molecule is CC(NS(=O)(=O)c1cc(Cl)sc1Cl)c1nn[nH]n1. The van der Waals surface area contributed by atoms with Gasteiger partial charge in [-0.05, 0) is 13.0 Å². The minimum absolute atomic E-state index is 0.0606. The molecule has 0 aromatic carbocycles. The molecule has 0 spiro atoms. The molecule has 0 fully saturated rings. The number of nitrogens with zero attached hydrogens (tertiary/aromatic N) is 3. The van der Waals surface area contributed by atoms with Crippen LogP contribution in [0.4, 0.5) is 0 Å². The number of rotatable bonds is 4. The second kappa shape index (κ2) is 5.10. The highest BCUT2D eigenvalue weighted by atomic mass is 35.5. The Balaban J connectivity index is 2.25. The van der Waals surface area contributed by atoms with Gasteiger partial charge in [0.25, 0.3) is 0 Å². The zero-order chi connectivity index (χ0) is 13.3. The van der Waals surface area contributed by atoms with Crippen LogP contribution in [0.5, 0.6) is 0 Å². The summed E-state index contributed by atoms with van der Waals surface area (Å²) in [5.74, 6) is 0.232. The summed E-state index contributed by atoms with van der Waals surface area (Å²) < 4.78 is 26.9. The molecule has 7 nitrogen and oxygen atoms in total. The molecule has 2 aromatic heterocycles. The molecule has 1 atom stereocenters. The number of hydrogen-bond donors (Lipinski definition) is 2. The van der Waals surface area contributed by atoms with Gasteiger partial charge in [0, 0.05) is 0 Å². The third kappa shape index (κ3) is 2.81. The van der Waals surface area contributed by atoms with Gasteiger partial charge in [0.15, 0.2) is 5.82 Å². The first kappa shape index (κ1) is 13.7. The van der Waals surface area contributed by atoms with Crippen molar-refractivity contribution < 1.29 is 8.42 Å². The van der Waals surface area contributed by atoms with Crippen molar-refractivity contribution in [1.82, 2.24) is 25.3 Å². The van der Waals surface area contributed by atoms with Gasteiger partial charge in [-0.25, -0.2) is 13.1 Å². The van der Waals surface area contributed by atoms with Crippen LogP contribution < -0.4 is 4.72 Å². The van der Waals surface area contributed by atoms with E-state index < -0.39 is 16.1 Å². The molecule has 0 aliphatic rings. The van der Waals surface area contributed by atoms with Crippen LogP contribution in [0.3, 0.4) is 0 Å². The summed E-state index contributed by atoms with van der Waals surface area (Å²) in [7, 11) is -3.77. The molecule has 0 radical (unpaired) electrons. The van der Waals surface area contributed by atoms with Crippen molar-refractivity contribution in [1.29, 1.82) is 0 Å². The molecule has 0 bridgehead atoms. The van der Waals surface area contributed by atoms with Gasteiger partial charge in [-0.1, -0.05) is 28.4 Å². The number of aromatic amines is 1. The number of H-pyrrole nitrogens is 1. The lowest BCUT2D eigenvalue weighted by Gasteiger charge is -2.09. The number of thiophene rings is 1. The van der Waals surface area contributed by atoms with Crippen LogP contribution in [0, 0.1) is 0 Å². The minimum atomic E-state index is -3.77. The largest absolute Gasteiger partial charge is 0.243 e. The van der Waals surface area contributed by atoms with Crippen molar-refractivity contribution in [2.75, 3.05) is 0 Å². The van der Waals surface area contributed by atoms with Crippen LogP contribution in [0.2, 0.25) is 8.67 Å². The predicted octanol–water partition coefficient (Wildman–Crippen LogP) is 1.61. The third-order valence-electron chi connectivity index (χ3n) is 2.00. The molecule has 1 unspecified atom stereocenters. The van der Waals surface area contributed by atoms with Crippen LogP contribution in [-0.2, 0) is 10.0 Å². The number of hydrogen-bond acceptors (Lipinski definition) is 6. The summed E-state index contributed by atoms with van der Waals surface area (Å²) >= 11 is 12.5. The molecule has 0 saturated heterocycles. The minimum Gasteiger partial charge on any atom is -0.207 e. The molecule has 0 saturated carbocycles. The van der Waals surface area contributed by atoms with Gasteiger partial charge in [-0.3, -0.25) is 0 Å². The molecule has 0 aliphatic carbocycles. The second-order valence-corrected chi connectivity index (χ2v) is 7.27. The fourth-order valence-electron chi connectivity index (χ4n) is 1.21. The Hall–Kier alpha value is -0.740. The monoisotopic (exact) mass is 327 g/mol. The van der Waals surface area contributed by atoms with Crippen molar-refractivity contribution in [3.63, 3.8) is 0 Å². The lowest BCUT2D eigenvalue weighted by atomic mass is 10.4. The highest BCUT2D eigenvalue weighted by Gasteiger charge is 2.24. The molecule has 2 aromatic rings. The first-order valence-corrected chi connectivity index (χ1v) is 7.66. The van der Waals surface area contributed by atoms with Crippen molar-refractivity contribution in [2.45, 2.75) is 17.9 Å². The maximum Gasteiger partial charge on any atom is 0.243 e. The second-order valence-electron chi connectivity index (χ2n) is 3.30. The maximum absolute atomic E-state index is 12.0. The zero-order valence-electron chi connectivity index (χ0n) is 8.89. The Morgan fingerprint density at radius 2 is 2.22 bits per heavy atom. The summed E-state index contributed by atoms with van der Waals surface area (Å²) in [6.45, 7) is 1.59. The Labute approximate surface area is 117 Å². The molecule has 0 amide bonds. The molecule has 11 heteroatoms. The first-order valence-electron chi connectivity index (χ1n) is 4.60. The van der Waals surface area contributed by atoms with Gasteiger partial charge in [-0.2, -0.15) is 5.21 Å². The van der Waals surface area contributed by atoms with Gasteiger partial charge in [0.2, 0.25) is 10.0 Å². The van der Waals surface area contributed by atoms with E-state index in [4.69, 9.17) is 23.2 Å².